The van der Waals surface area contributed by atoms with Crippen LogP contribution < -0.4 is 15.1 Å². The van der Waals surface area contributed by atoms with Gasteiger partial charge in [0, 0.05) is 38.4 Å². The Labute approximate surface area is 193 Å². The summed E-state index contributed by atoms with van der Waals surface area (Å²) in [4.78, 5) is 29.5. The van der Waals surface area contributed by atoms with Crippen LogP contribution in [0.4, 0.5) is 20.6 Å². The van der Waals surface area contributed by atoms with E-state index in [-0.39, 0.29) is 24.8 Å². The Hall–Kier alpha value is -2.00. The van der Waals surface area contributed by atoms with E-state index in [1.165, 1.54) is 30.7 Å². The Morgan fingerprint density at radius 2 is 2.16 bits per heavy atom. The van der Waals surface area contributed by atoms with E-state index in [4.69, 9.17) is 4.74 Å². The van der Waals surface area contributed by atoms with Gasteiger partial charge in [0.05, 0.1) is 24.5 Å². The van der Waals surface area contributed by atoms with Gasteiger partial charge in [0.15, 0.2) is 0 Å². The van der Waals surface area contributed by atoms with Crippen molar-refractivity contribution < 1.29 is 18.7 Å². The van der Waals surface area contributed by atoms with Gasteiger partial charge in [0.2, 0.25) is 5.91 Å². The molecule has 176 valence electrons. The number of rotatable bonds is 8. The summed E-state index contributed by atoms with van der Waals surface area (Å²) in [6, 6.07) is 5.49. The van der Waals surface area contributed by atoms with Crippen LogP contribution in [0.15, 0.2) is 18.2 Å². The van der Waals surface area contributed by atoms with Gasteiger partial charge in [-0.1, -0.05) is 6.92 Å². The molecule has 0 spiro atoms. The lowest BCUT2D eigenvalue weighted by Crippen LogP contribution is -2.46. The van der Waals surface area contributed by atoms with Crippen LogP contribution in [0.5, 0.6) is 0 Å². The first-order valence-electron chi connectivity index (χ1n) is 11.5. The van der Waals surface area contributed by atoms with E-state index in [1.54, 1.807) is 12.1 Å². The lowest BCUT2D eigenvalue weighted by molar-refractivity contribution is -0.119. The summed E-state index contributed by atoms with van der Waals surface area (Å²) in [5, 5.41) is 2.65. The first-order valence-corrected chi connectivity index (χ1v) is 12.7. The number of fused-ring (bicyclic) bond motifs is 1. The predicted octanol–water partition coefficient (Wildman–Crippen LogP) is 2.94. The summed E-state index contributed by atoms with van der Waals surface area (Å²) in [5.74, 6) is 2.38. The fourth-order valence-electron chi connectivity index (χ4n) is 5.09. The van der Waals surface area contributed by atoms with Crippen molar-refractivity contribution in [3.8, 4) is 0 Å². The number of carbonyl (C=O) groups excluding carboxylic acids is 2. The summed E-state index contributed by atoms with van der Waals surface area (Å²) in [7, 11) is 0. The highest BCUT2D eigenvalue weighted by molar-refractivity contribution is 7.99. The van der Waals surface area contributed by atoms with Crippen molar-refractivity contribution in [1.29, 1.82) is 0 Å². The minimum absolute atomic E-state index is 0.177. The van der Waals surface area contributed by atoms with E-state index in [0.717, 1.165) is 37.7 Å². The van der Waals surface area contributed by atoms with Crippen LogP contribution in [-0.4, -0.2) is 79.8 Å². The minimum Gasteiger partial charge on any atom is -0.442 e. The van der Waals surface area contributed by atoms with Gasteiger partial charge in [-0.15, -0.1) is 0 Å². The van der Waals surface area contributed by atoms with Crippen LogP contribution in [0.25, 0.3) is 0 Å². The maximum absolute atomic E-state index is 15.2. The third-order valence-corrected chi connectivity index (χ3v) is 7.54. The van der Waals surface area contributed by atoms with Crippen LogP contribution in [0.2, 0.25) is 0 Å². The molecule has 1 aromatic rings. The molecule has 0 aromatic heterocycles. The number of carbonyl (C=O) groups is 2. The van der Waals surface area contributed by atoms with E-state index in [1.807, 2.05) is 11.8 Å². The molecular formula is C23H33FN4O3S. The van der Waals surface area contributed by atoms with Crippen LogP contribution in [0.1, 0.15) is 26.7 Å². The van der Waals surface area contributed by atoms with Gasteiger partial charge in [-0.25, -0.2) is 9.18 Å². The first-order chi connectivity index (χ1) is 15.5. The standard InChI is InChI=1S/C23H33FN4O3S/c1-3-32-10-9-26-8-4-5-17-13-27(15-22(17)26)21-7-6-18(11-20(21)24)28-14-19(31-23(28)30)12-25-16(2)29/h6-7,11,17,19,22H,3-5,8-10,12-15H2,1-2H3,(H,25,29)/t17-,19+,22+/m1/s1. The highest BCUT2D eigenvalue weighted by atomic mass is 32.2. The van der Waals surface area contributed by atoms with Gasteiger partial charge in [-0.3, -0.25) is 14.6 Å². The number of benzene rings is 1. The number of likely N-dealkylation sites (tertiary alicyclic amines) is 1. The summed E-state index contributed by atoms with van der Waals surface area (Å²) in [5.41, 5.74) is 1.09. The number of hydrogen-bond acceptors (Lipinski definition) is 6. The smallest absolute Gasteiger partial charge is 0.414 e. The number of thioether (sulfide) groups is 1. The molecule has 7 nitrogen and oxygen atoms in total. The number of anilines is 2. The molecule has 2 amide bonds. The quantitative estimate of drug-likeness (QED) is 0.597. The maximum Gasteiger partial charge on any atom is 0.414 e. The molecule has 9 heteroatoms. The molecule has 32 heavy (non-hydrogen) atoms. The molecular weight excluding hydrogens is 431 g/mol. The van der Waals surface area contributed by atoms with E-state index in [2.05, 4.69) is 22.0 Å². The van der Waals surface area contributed by atoms with Gasteiger partial charge in [-0.05, 0) is 49.3 Å². The Bertz CT molecular complexity index is 841. The van der Waals surface area contributed by atoms with Crippen LogP contribution in [-0.2, 0) is 9.53 Å². The van der Waals surface area contributed by atoms with Gasteiger partial charge < -0.3 is 15.0 Å². The number of piperidine rings is 1. The molecule has 4 rings (SSSR count). The third-order valence-electron chi connectivity index (χ3n) is 6.66. The molecule has 0 bridgehead atoms. The monoisotopic (exact) mass is 464 g/mol. The van der Waals surface area contributed by atoms with E-state index < -0.39 is 12.2 Å². The van der Waals surface area contributed by atoms with Gasteiger partial charge in [-0.2, -0.15) is 11.8 Å². The predicted molar refractivity (Wildman–Crippen MR) is 126 cm³/mol. The summed E-state index contributed by atoms with van der Waals surface area (Å²) in [6.07, 6.45) is 1.46. The zero-order valence-electron chi connectivity index (χ0n) is 18.9. The number of halogens is 1. The fraction of sp³-hybridized carbons (Fsp3) is 0.652. The molecule has 0 unspecified atom stereocenters. The number of amides is 2. The number of cyclic esters (lactones) is 1. The van der Waals surface area contributed by atoms with E-state index in [9.17, 15) is 9.59 Å². The Kier molecular flexibility index (Phi) is 7.45. The highest BCUT2D eigenvalue weighted by Gasteiger charge is 2.39. The number of hydrogen-bond donors (Lipinski definition) is 1. The van der Waals surface area contributed by atoms with Gasteiger partial charge >= 0.3 is 6.09 Å². The normalized spacial score (nSPS) is 25.7. The van der Waals surface area contributed by atoms with Gasteiger partial charge in [0.25, 0.3) is 0 Å². The van der Waals surface area contributed by atoms with Crippen LogP contribution in [0.3, 0.4) is 0 Å². The van der Waals surface area contributed by atoms with Crippen LogP contribution >= 0.6 is 11.8 Å². The number of nitrogens with zero attached hydrogens (tertiary/aromatic N) is 3. The molecule has 3 heterocycles. The lowest BCUT2D eigenvalue weighted by atomic mass is 9.92. The third kappa shape index (κ3) is 5.14. The SMILES string of the molecule is CCSCCN1CCC[C@@H]2CN(c3ccc(N4C[C@H](CNC(C)=O)OC4=O)cc3F)C[C@@H]21. The van der Waals surface area contributed by atoms with Crippen molar-refractivity contribution >= 4 is 35.1 Å². The number of ether oxygens (including phenoxy) is 1. The van der Waals surface area contributed by atoms with Crippen molar-refractivity contribution in [3.63, 3.8) is 0 Å². The first kappa shape index (κ1) is 23.2. The topological polar surface area (TPSA) is 65.1 Å². The second-order valence-electron chi connectivity index (χ2n) is 8.80. The fourth-order valence-corrected chi connectivity index (χ4v) is 5.74. The van der Waals surface area contributed by atoms with Crippen molar-refractivity contribution in [1.82, 2.24) is 10.2 Å². The van der Waals surface area contributed by atoms with Crippen molar-refractivity contribution in [3.05, 3.63) is 24.0 Å². The van der Waals surface area contributed by atoms with E-state index in [0.29, 0.717) is 23.3 Å². The molecule has 0 saturated carbocycles. The van der Waals surface area contributed by atoms with Gasteiger partial charge in [0.1, 0.15) is 11.9 Å². The zero-order chi connectivity index (χ0) is 22.7. The molecule has 3 saturated heterocycles. The minimum atomic E-state index is -0.514. The second kappa shape index (κ2) is 10.3. The van der Waals surface area contributed by atoms with Crippen molar-refractivity contribution in [2.75, 3.05) is 60.6 Å². The molecule has 1 aromatic carbocycles. The average molecular weight is 465 g/mol. The zero-order valence-corrected chi connectivity index (χ0v) is 19.7. The molecule has 3 aliphatic heterocycles. The molecule has 3 atom stereocenters. The molecule has 3 fully saturated rings. The Morgan fingerprint density at radius 3 is 2.91 bits per heavy atom. The van der Waals surface area contributed by atoms with Crippen LogP contribution in [0, 0.1) is 11.7 Å². The average Bonchev–Trinajstić information content (AvgIpc) is 3.36. The van der Waals surface area contributed by atoms with Crippen molar-refractivity contribution in [2.24, 2.45) is 5.92 Å². The summed E-state index contributed by atoms with van der Waals surface area (Å²) < 4.78 is 20.5. The summed E-state index contributed by atoms with van der Waals surface area (Å²) >= 11 is 1.98. The highest BCUT2D eigenvalue weighted by Crippen LogP contribution is 2.36. The molecule has 3 aliphatic rings. The molecule has 1 N–H and O–H groups in total. The Morgan fingerprint density at radius 1 is 1.31 bits per heavy atom. The van der Waals surface area contributed by atoms with E-state index >= 15 is 4.39 Å². The molecule has 0 radical (unpaired) electrons. The Balaban J connectivity index is 1.40. The summed E-state index contributed by atoms with van der Waals surface area (Å²) in [6.45, 7) is 8.12. The lowest BCUT2D eigenvalue weighted by Gasteiger charge is -2.36. The van der Waals surface area contributed by atoms with Crippen molar-refractivity contribution in [2.45, 2.75) is 38.8 Å². The number of nitrogens with one attached hydrogen (secondary N) is 1. The maximum atomic E-state index is 15.2. The largest absolute Gasteiger partial charge is 0.442 e. The molecule has 0 aliphatic carbocycles. The second-order valence-corrected chi connectivity index (χ2v) is 10.2.